The number of nitrogens with zero attached hydrogens (tertiary/aromatic N) is 6. The predicted octanol–water partition coefficient (Wildman–Crippen LogP) is 11.8. The van der Waals surface area contributed by atoms with Crippen LogP contribution >= 0.6 is 0 Å². The molecule has 258 valence electrons. The largest absolute Gasteiger partial charge is 0.278 e. The van der Waals surface area contributed by atoms with Crippen molar-refractivity contribution in [3.63, 3.8) is 0 Å². The molecule has 0 saturated carbocycles. The molecule has 4 heterocycles. The van der Waals surface area contributed by atoms with Crippen LogP contribution in [0.15, 0.2) is 194 Å². The summed E-state index contributed by atoms with van der Waals surface area (Å²) in [5, 5.41) is 2.26. The number of rotatable bonds is 7. The van der Waals surface area contributed by atoms with Gasteiger partial charge in [-0.1, -0.05) is 158 Å². The number of aromatic nitrogens is 6. The number of para-hydroxylation sites is 2. The monoisotopic (exact) mass is 704 g/mol. The lowest BCUT2D eigenvalue weighted by Gasteiger charge is -2.14. The molecule has 0 bridgehead atoms. The normalized spacial score (nSPS) is 11.3. The Morgan fingerprint density at radius 3 is 0.927 bits per heavy atom. The molecule has 6 nitrogen and oxygen atoms in total. The molecule has 0 N–H and O–H groups in total. The third-order valence-corrected chi connectivity index (χ3v) is 9.85. The first-order valence-electron chi connectivity index (χ1n) is 18.3. The zero-order valence-electron chi connectivity index (χ0n) is 29.7. The van der Waals surface area contributed by atoms with Crippen molar-refractivity contribution in [3.05, 3.63) is 194 Å². The summed E-state index contributed by atoms with van der Waals surface area (Å²) >= 11 is 0. The van der Waals surface area contributed by atoms with Crippen molar-refractivity contribution in [2.45, 2.75) is 0 Å². The van der Waals surface area contributed by atoms with Crippen LogP contribution in [0, 0.1) is 0 Å². The summed E-state index contributed by atoms with van der Waals surface area (Å²) in [4.78, 5) is 26.2. The van der Waals surface area contributed by atoms with Gasteiger partial charge in [-0.25, -0.2) is 15.0 Å². The van der Waals surface area contributed by atoms with E-state index >= 15 is 0 Å². The van der Waals surface area contributed by atoms with E-state index in [0.717, 1.165) is 78.0 Å². The maximum atomic E-state index is 5.30. The average molecular weight is 705 g/mol. The van der Waals surface area contributed by atoms with E-state index in [-0.39, 0.29) is 0 Å². The summed E-state index contributed by atoms with van der Waals surface area (Å²) in [6, 6.07) is 66.1. The van der Waals surface area contributed by atoms with Crippen molar-refractivity contribution < 1.29 is 0 Å². The van der Waals surface area contributed by atoms with Crippen LogP contribution in [0.3, 0.4) is 0 Å². The minimum absolute atomic E-state index is 0.524. The first-order valence-corrected chi connectivity index (χ1v) is 18.3. The van der Waals surface area contributed by atoms with Crippen molar-refractivity contribution in [1.82, 2.24) is 29.5 Å². The molecule has 0 radical (unpaired) electrons. The van der Waals surface area contributed by atoms with Gasteiger partial charge in [0, 0.05) is 44.2 Å². The van der Waals surface area contributed by atoms with Crippen LogP contribution in [0.25, 0.3) is 95.6 Å². The highest BCUT2D eigenvalue weighted by atomic mass is 15.2. The highest BCUT2D eigenvalue weighted by Crippen LogP contribution is 2.35. The van der Waals surface area contributed by atoms with Crippen molar-refractivity contribution in [1.29, 1.82) is 0 Å². The molecule has 0 atom stereocenters. The molecule has 0 fully saturated rings. The summed E-state index contributed by atoms with van der Waals surface area (Å²) in [5.74, 6) is 1.60. The van der Waals surface area contributed by atoms with Gasteiger partial charge >= 0.3 is 0 Å². The summed E-state index contributed by atoms with van der Waals surface area (Å²) in [7, 11) is 0. The number of fused-ring (bicyclic) bond motifs is 3. The summed E-state index contributed by atoms with van der Waals surface area (Å²) in [6.45, 7) is 0. The average Bonchev–Trinajstić information content (AvgIpc) is 3.61. The van der Waals surface area contributed by atoms with E-state index in [1.165, 1.54) is 0 Å². The Balaban J connectivity index is 1.27. The molecule has 0 saturated heterocycles. The van der Waals surface area contributed by atoms with Crippen LogP contribution in [0.4, 0.5) is 0 Å². The van der Waals surface area contributed by atoms with Gasteiger partial charge in [-0.2, -0.15) is 9.97 Å². The number of pyridine rings is 2. The van der Waals surface area contributed by atoms with Crippen LogP contribution < -0.4 is 0 Å². The van der Waals surface area contributed by atoms with Crippen molar-refractivity contribution in [3.8, 4) is 73.8 Å². The van der Waals surface area contributed by atoms with E-state index < -0.39 is 0 Å². The number of hydrogen-bond donors (Lipinski definition) is 0. The fourth-order valence-electron chi connectivity index (χ4n) is 7.21. The maximum Gasteiger partial charge on any atom is 0.238 e. The molecule has 10 rings (SSSR count). The fourth-order valence-corrected chi connectivity index (χ4v) is 7.21. The molecule has 0 unspecified atom stereocenters. The molecule has 4 aromatic heterocycles. The Bertz CT molecular complexity index is 2650. The smallest absolute Gasteiger partial charge is 0.238 e. The van der Waals surface area contributed by atoms with Gasteiger partial charge in [0.05, 0.1) is 33.8 Å². The van der Waals surface area contributed by atoms with Gasteiger partial charge < -0.3 is 0 Å². The third kappa shape index (κ3) is 6.11. The lowest BCUT2D eigenvalue weighted by molar-refractivity contribution is 0.953. The maximum absolute atomic E-state index is 5.30. The van der Waals surface area contributed by atoms with Crippen molar-refractivity contribution in [2.24, 2.45) is 0 Å². The van der Waals surface area contributed by atoms with E-state index in [0.29, 0.717) is 17.6 Å². The third-order valence-electron chi connectivity index (χ3n) is 9.85. The van der Waals surface area contributed by atoms with Gasteiger partial charge in [0.1, 0.15) is 0 Å². The molecule has 10 aromatic rings. The minimum atomic E-state index is 0.524. The molecule has 0 spiro atoms. The van der Waals surface area contributed by atoms with Crippen LogP contribution in [-0.2, 0) is 0 Å². The molecule has 0 amide bonds. The molecular formula is C49H32N6. The van der Waals surface area contributed by atoms with Crippen LogP contribution in [0.1, 0.15) is 0 Å². The molecule has 6 heteroatoms. The Morgan fingerprint density at radius 2 is 0.582 bits per heavy atom. The van der Waals surface area contributed by atoms with Crippen LogP contribution in [-0.4, -0.2) is 29.5 Å². The lowest BCUT2D eigenvalue weighted by Crippen LogP contribution is -2.07. The molecule has 0 aliphatic carbocycles. The Labute approximate surface area is 318 Å². The molecule has 55 heavy (non-hydrogen) atoms. The van der Waals surface area contributed by atoms with E-state index in [1.807, 2.05) is 72.8 Å². The second kappa shape index (κ2) is 13.8. The van der Waals surface area contributed by atoms with Crippen molar-refractivity contribution in [2.75, 3.05) is 0 Å². The topological polar surface area (TPSA) is 69.4 Å². The molecular weight excluding hydrogens is 673 g/mol. The van der Waals surface area contributed by atoms with Gasteiger partial charge in [-0.3, -0.25) is 4.57 Å². The zero-order chi connectivity index (χ0) is 36.6. The van der Waals surface area contributed by atoms with Gasteiger partial charge in [-0.15, -0.1) is 0 Å². The highest BCUT2D eigenvalue weighted by molar-refractivity contribution is 6.09. The van der Waals surface area contributed by atoms with Gasteiger partial charge in [0.15, 0.2) is 11.6 Å². The summed E-state index contributed by atoms with van der Waals surface area (Å²) in [5.41, 5.74) is 11.1. The first-order chi connectivity index (χ1) is 27.2. The summed E-state index contributed by atoms with van der Waals surface area (Å²) < 4.78 is 2.15. The molecule has 6 aromatic carbocycles. The standard InChI is InChI=1S/C49H32N6/c1-5-17-33(18-6-1)41-29-37(30-42(50-41)34-19-7-2-8-20-34)47-52-48(54-49(53-47)55-45-27-15-13-25-39(45)40-26-14-16-28-46(40)55)38-31-43(35-21-9-3-10-22-35)51-44(32-38)36-23-11-4-12-24-36/h1-32H. The van der Waals surface area contributed by atoms with Crippen LogP contribution in [0.5, 0.6) is 0 Å². The van der Waals surface area contributed by atoms with Gasteiger partial charge in [-0.05, 0) is 36.4 Å². The Kier molecular flexibility index (Phi) is 8.04. The zero-order valence-corrected chi connectivity index (χ0v) is 29.7. The van der Waals surface area contributed by atoms with Gasteiger partial charge in [0.2, 0.25) is 5.95 Å². The number of hydrogen-bond acceptors (Lipinski definition) is 5. The molecule has 0 aliphatic heterocycles. The number of benzene rings is 6. The minimum Gasteiger partial charge on any atom is -0.278 e. The predicted molar refractivity (Wildman–Crippen MR) is 222 cm³/mol. The van der Waals surface area contributed by atoms with Gasteiger partial charge in [0.25, 0.3) is 0 Å². The van der Waals surface area contributed by atoms with E-state index in [9.17, 15) is 0 Å². The Morgan fingerprint density at radius 1 is 0.273 bits per heavy atom. The van der Waals surface area contributed by atoms with Crippen LogP contribution in [0.2, 0.25) is 0 Å². The molecule has 0 aliphatic rings. The Hall–Kier alpha value is -7.57. The second-order valence-corrected chi connectivity index (χ2v) is 13.4. The lowest BCUT2D eigenvalue weighted by atomic mass is 10.0. The SMILES string of the molecule is c1ccc(-c2cc(-c3nc(-c4cc(-c5ccccc5)nc(-c5ccccc5)c4)nc(-n4c5ccccc5c5ccccc54)n3)cc(-c3ccccc3)n2)cc1. The van der Waals surface area contributed by atoms with E-state index in [1.54, 1.807) is 0 Å². The highest BCUT2D eigenvalue weighted by Gasteiger charge is 2.20. The quantitative estimate of drug-likeness (QED) is 0.165. The second-order valence-electron chi connectivity index (χ2n) is 13.4. The van der Waals surface area contributed by atoms with Crippen molar-refractivity contribution >= 4 is 21.8 Å². The summed E-state index contributed by atoms with van der Waals surface area (Å²) in [6.07, 6.45) is 0. The fraction of sp³-hybridized carbons (Fsp3) is 0. The van der Waals surface area contributed by atoms with E-state index in [2.05, 4.69) is 126 Å². The first kappa shape index (κ1) is 32.1. The van der Waals surface area contributed by atoms with E-state index in [4.69, 9.17) is 24.9 Å².